The molecular formula is C22H23F2N9O. The zero-order chi connectivity index (χ0) is 23.2. The molecule has 5 heterocycles. The van der Waals surface area contributed by atoms with E-state index >= 15 is 0 Å². The Morgan fingerprint density at radius 1 is 1.15 bits per heavy atom. The van der Waals surface area contributed by atoms with E-state index in [1.165, 1.54) is 31.4 Å². The van der Waals surface area contributed by atoms with Crippen LogP contribution >= 0.6 is 0 Å². The van der Waals surface area contributed by atoms with Crippen molar-refractivity contribution in [1.82, 2.24) is 39.3 Å². The van der Waals surface area contributed by atoms with Crippen LogP contribution in [0.5, 0.6) is 5.88 Å². The first-order chi connectivity index (χ1) is 16.6. The van der Waals surface area contributed by atoms with Crippen LogP contribution in [0.4, 0.5) is 14.6 Å². The number of hydrogen-bond acceptors (Lipinski definition) is 8. The first-order valence-electron chi connectivity index (χ1n) is 11.4. The maximum atomic E-state index is 12.5. The van der Waals surface area contributed by atoms with E-state index < -0.39 is 6.61 Å². The highest BCUT2D eigenvalue weighted by Gasteiger charge is 2.33. The first-order valence-corrected chi connectivity index (χ1v) is 11.4. The predicted octanol–water partition coefficient (Wildman–Crippen LogP) is 3.41. The number of anilines is 1. The minimum atomic E-state index is -2.92. The van der Waals surface area contributed by atoms with E-state index in [0.717, 1.165) is 31.0 Å². The van der Waals surface area contributed by atoms with E-state index in [1.54, 1.807) is 6.07 Å². The van der Waals surface area contributed by atoms with E-state index in [9.17, 15) is 8.78 Å². The van der Waals surface area contributed by atoms with Crippen LogP contribution in [0.1, 0.15) is 43.8 Å². The second-order valence-corrected chi connectivity index (χ2v) is 8.58. The number of aryl methyl sites for hydroxylation is 2. The Bertz CT molecular complexity index is 1330. The van der Waals surface area contributed by atoms with Crippen LogP contribution in [0.2, 0.25) is 0 Å². The molecule has 4 aromatic rings. The molecule has 0 unspecified atom stereocenters. The van der Waals surface area contributed by atoms with Crippen LogP contribution in [-0.2, 0) is 19.5 Å². The summed E-state index contributed by atoms with van der Waals surface area (Å²) in [7, 11) is 0. The highest BCUT2D eigenvalue weighted by atomic mass is 19.3. The van der Waals surface area contributed by atoms with Gasteiger partial charge < -0.3 is 19.2 Å². The molecule has 1 N–H and O–H groups in total. The van der Waals surface area contributed by atoms with Gasteiger partial charge in [0, 0.05) is 49.3 Å². The van der Waals surface area contributed by atoms with Gasteiger partial charge in [-0.3, -0.25) is 0 Å². The first kappa shape index (κ1) is 20.9. The number of nitrogens with one attached hydrogen (secondary N) is 1. The van der Waals surface area contributed by atoms with Gasteiger partial charge >= 0.3 is 6.61 Å². The summed E-state index contributed by atoms with van der Waals surface area (Å²) in [4.78, 5) is 17.7. The summed E-state index contributed by atoms with van der Waals surface area (Å²) >= 11 is 0. The number of pyridine rings is 1. The normalized spacial score (nSPS) is 17.8. The fourth-order valence-corrected chi connectivity index (χ4v) is 4.54. The number of hydrogen-bond donors (Lipinski definition) is 1. The van der Waals surface area contributed by atoms with Crippen molar-refractivity contribution in [2.24, 2.45) is 0 Å². The molecule has 0 spiro atoms. The van der Waals surface area contributed by atoms with Crippen molar-refractivity contribution in [3.63, 3.8) is 0 Å². The lowest BCUT2D eigenvalue weighted by Crippen LogP contribution is -2.32. The second-order valence-electron chi connectivity index (χ2n) is 8.58. The standard InChI is InChI=1S/C22H23F2N9O/c1-2-32-19(13-5-8-16(25-9-13)34-22(23)24)29-17-18(26-11-27-21(17)32)28-14-6-7-15-30-31-20(12-3-4-12)33(15)10-14/h5,8-9,11-12,14,22H,2-4,6-7,10H2,1H3,(H,26,27,28)/t14-/m0/s1. The van der Waals surface area contributed by atoms with Crippen LogP contribution in [0.3, 0.4) is 0 Å². The highest BCUT2D eigenvalue weighted by molar-refractivity contribution is 5.86. The van der Waals surface area contributed by atoms with Crippen LogP contribution in [0, 0.1) is 0 Å². The molecule has 1 saturated carbocycles. The Hall–Kier alpha value is -3.70. The number of fused-ring (bicyclic) bond motifs is 2. The van der Waals surface area contributed by atoms with E-state index in [0.29, 0.717) is 40.8 Å². The molecule has 0 bridgehead atoms. The molecule has 176 valence electrons. The van der Waals surface area contributed by atoms with E-state index in [-0.39, 0.29) is 11.9 Å². The minimum Gasteiger partial charge on any atom is -0.417 e. The number of aromatic nitrogens is 8. The highest BCUT2D eigenvalue weighted by Crippen LogP contribution is 2.40. The molecule has 0 aromatic carbocycles. The van der Waals surface area contributed by atoms with Gasteiger partial charge in [0.1, 0.15) is 23.8 Å². The summed E-state index contributed by atoms with van der Waals surface area (Å²) in [5.74, 6) is 3.85. The third-order valence-electron chi connectivity index (χ3n) is 6.31. The quantitative estimate of drug-likeness (QED) is 0.441. The average molecular weight is 467 g/mol. The fourth-order valence-electron chi connectivity index (χ4n) is 4.54. The Morgan fingerprint density at radius 3 is 2.76 bits per heavy atom. The summed E-state index contributed by atoms with van der Waals surface area (Å²) < 4.78 is 33.5. The van der Waals surface area contributed by atoms with Crippen molar-refractivity contribution in [2.45, 2.75) is 64.3 Å². The number of ether oxygens (including phenoxy) is 1. The van der Waals surface area contributed by atoms with E-state index in [4.69, 9.17) is 4.98 Å². The average Bonchev–Trinajstić information content (AvgIpc) is 3.47. The smallest absolute Gasteiger partial charge is 0.388 e. The van der Waals surface area contributed by atoms with Gasteiger partial charge in [-0.25, -0.2) is 19.9 Å². The molecular weight excluding hydrogens is 444 g/mol. The molecule has 34 heavy (non-hydrogen) atoms. The zero-order valence-corrected chi connectivity index (χ0v) is 18.5. The molecule has 12 heteroatoms. The summed E-state index contributed by atoms with van der Waals surface area (Å²) in [6, 6.07) is 3.23. The third kappa shape index (κ3) is 3.72. The lowest BCUT2D eigenvalue weighted by Gasteiger charge is -2.25. The zero-order valence-electron chi connectivity index (χ0n) is 18.5. The van der Waals surface area contributed by atoms with Crippen molar-refractivity contribution >= 4 is 17.0 Å². The van der Waals surface area contributed by atoms with Crippen molar-refractivity contribution in [3.8, 4) is 17.3 Å². The topological polar surface area (TPSA) is 108 Å². The van der Waals surface area contributed by atoms with Gasteiger partial charge in [0.15, 0.2) is 17.0 Å². The van der Waals surface area contributed by atoms with E-state index in [2.05, 4.69) is 39.8 Å². The number of alkyl halides is 2. The van der Waals surface area contributed by atoms with Gasteiger partial charge in [0.05, 0.1) is 0 Å². The lowest BCUT2D eigenvalue weighted by atomic mass is 10.1. The van der Waals surface area contributed by atoms with Gasteiger partial charge in [-0.1, -0.05) is 0 Å². The van der Waals surface area contributed by atoms with Crippen molar-refractivity contribution < 1.29 is 13.5 Å². The van der Waals surface area contributed by atoms with Crippen LogP contribution < -0.4 is 10.1 Å². The number of halogens is 2. The summed E-state index contributed by atoms with van der Waals surface area (Å²) in [5.41, 5.74) is 2.03. The molecule has 1 fully saturated rings. The molecule has 6 rings (SSSR count). The molecule has 0 amide bonds. The van der Waals surface area contributed by atoms with Crippen LogP contribution in [0.25, 0.3) is 22.6 Å². The van der Waals surface area contributed by atoms with Crippen LogP contribution in [-0.4, -0.2) is 51.9 Å². The maximum absolute atomic E-state index is 12.5. The maximum Gasteiger partial charge on any atom is 0.388 e. The van der Waals surface area contributed by atoms with Gasteiger partial charge in [-0.05, 0) is 32.3 Å². The predicted molar refractivity (Wildman–Crippen MR) is 119 cm³/mol. The fraction of sp³-hybridized carbons (Fsp3) is 0.455. The molecule has 2 aliphatic rings. The number of rotatable bonds is 7. The third-order valence-corrected chi connectivity index (χ3v) is 6.31. The SMILES string of the molecule is CCn1c(-c2ccc(OC(F)F)nc2)nc2c(N[C@H]3CCc4nnc(C5CC5)n4C3)ncnc21. The van der Waals surface area contributed by atoms with E-state index in [1.807, 2.05) is 11.5 Å². The molecule has 1 atom stereocenters. The molecule has 4 aromatic heterocycles. The summed E-state index contributed by atoms with van der Waals surface area (Å²) in [6.07, 6.45) is 7.15. The molecule has 1 aliphatic heterocycles. The summed E-state index contributed by atoms with van der Waals surface area (Å²) in [6.45, 7) is 0.485. The minimum absolute atomic E-state index is 0.142. The largest absolute Gasteiger partial charge is 0.417 e. The Kier molecular flexibility index (Phi) is 5.07. The summed E-state index contributed by atoms with van der Waals surface area (Å²) in [5, 5.41) is 12.4. The molecule has 0 radical (unpaired) electrons. The Balaban J connectivity index is 1.30. The van der Waals surface area contributed by atoms with Crippen molar-refractivity contribution in [3.05, 3.63) is 36.3 Å². The van der Waals surface area contributed by atoms with Gasteiger partial charge in [0.25, 0.3) is 0 Å². The van der Waals surface area contributed by atoms with Crippen molar-refractivity contribution in [2.75, 3.05) is 5.32 Å². The van der Waals surface area contributed by atoms with Gasteiger partial charge in [-0.2, -0.15) is 8.78 Å². The molecule has 10 nitrogen and oxygen atoms in total. The number of imidazole rings is 1. The van der Waals surface area contributed by atoms with Crippen LogP contribution in [0.15, 0.2) is 24.7 Å². The number of nitrogens with zero attached hydrogens (tertiary/aromatic N) is 8. The lowest BCUT2D eigenvalue weighted by molar-refractivity contribution is -0.0528. The van der Waals surface area contributed by atoms with Crippen molar-refractivity contribution in [1.29, 1.82) is 0 Å². The van der Waals surface area contributed by atoms with Gasteiger partial charge in [0.2, 0.25) is 5.88 Å². The Morgan fingerprint density at radius 2 is 2.03 bits per heavy atom. The van der Waals surface area contributed by atoms with Gasteiger partial charge in [-0.15, -0.1) is 10.2 Å². The molecule has 0 saturated heterocycles. The molecule has 1 aliphatic carbocycles. The monoisotopic (exact) mass is 467 g/mol. The second kappa shape index (κ2) is 8.26. The Labute approximate surface area is 193 Å².